The molecular weight excluding hydrogens is 570 g/mol. The van der Waals surface area contributed by atoms with Crippen LogP contribution in [-0.4, -0.2) is 68.4 Å². The van der Waals surface area contributed by atoms with Gasteiger partial charge >= 0.3 is 5.97 Å². The number of para-hydroxylation sites is 1. The molecule has 8 rings (SSSR count). The van der Waals surface area contributed by atoms with Crippen molar-refractivity contribution in [3.8, 4) is 11.5 Å². The third-order valence-electron chi connectivity index (χ3n) is 9.36. The van der Waals surface area contributed by atoms with Crippen LogP contribution in [0.25, 0.3) is 11.0 Å². The number of aromatic nitrogens is 3. The van der Waals surface area contributed by atoms with Gasteiger partial charge in [0, 0.05) is 44.9 Å². The van der Waals surface area contributed by atoms with Crippen LogP contribution in [0, 0.1) is 0 Å². The number of carboxylic acids is 1. The van der Waals surface area contributed by atoms with Gasteiger partial charge in [-0.1, -0.05) is 17.7 Å². The third kappa shape index (κ3) is 4.51. The molecule has 1 saturated carbocycles. The maximum Gasteiger partial charge on any atom is 0.335 e. The first kappa shape index (κ1) is 26.7. The number of pyridine rings is 1. The first-order valence-corrected chi connectivity index (χ1v) is 15.2. The minimum absolute atomic E-state index is 0.133. The molecule has 0 spiro atoms. The van der Waals surface area contributed by atoms with E-state index in [9.17, 15) is 9.90 Å². The van der Waals surface area contributed by atoms with E-state index in [-0.39, 0.29) is 11.7 Å². The number of halogens is 1. The Morgan fingerprint density at radius 3 is 2.67 bits per heavy atom. The molecule has 2 aromatic heterocycles. The van der Waals surface area contributed by atoms with E-state index in [0.29, 0.717) is 41.6 Å². The van der Waals surface area contributed by atoms with Crippen LogP contribution in [-0.2, 0) is 23.6 Å². The van der Waals surface area contributed by atoms with Gasteiger partial charge in [0.25, 0.3) is 5.79 Å². The second-order valence-electron chi connectivity index (χ2n) is 11.9. The van der Waals surface area contributed by atoms with Crippen molar-refractivity contribution >= 4 is 34.3 Å². The predicted octanol–water partition coefficient (Wildman–Crippen LogP) is 5.07. The number of fused-ring (bicyclic) bond motifs is 3. The molecule has 4 aliphatic rings. The van der Waals surface area contributed by atoms with Gasteiger partial charge in [-0.15, -0.1) is 0 Å². The Balaban J connectivity index is 1.05. The van der Waals surface area contributed by atoms with E-state index in [1.165, 1.54) is 0 Å². The van der Waals surface area contributed by atoms with Crippen molar-refractivity contribution in [2.75, 3.05) is 24.6 Å². The van der Waals surface area contributed by atoms with Crippen LogP contribution in [0.15, 0.2) is 54.7 Å². The van der Waals surface area contributed by atoms with Crippen LogP contribution in [0.1, 0.15) is 48.1 Å². The van der Waals surface area contributed by atoms with E-state index in [2.05, 4.69) is 25.4 Å². The molecule has 1 aliphatic carbocycles. The Kier molecular flexibility index (Phi) is 6.29. The highest BCUT2D eigenvalue weighted by Crippen LogP contribution is 2.51. The second kappa shape index (κ2) is 10.1. The number of aromatic carboxylic acids is 1. The zero-order valence-electron chi connectivity index (χ0n) is 23.8. The Morgan fingerprint density at radius 2 is 1.95 bits per heavy atom. The van der Waals surface area contributed by atoms with Crippen molar-refractivity contribution in [1.29, 1.82) is 0 Å². The number of anilines is 1. The van der Waals surface area contributed by atoms with E-state index in [1.54, 1.807) is 24.4 Å². The van der Waals surface area contributed by atoms with Crippen LogP contribution in [0.3, 0.4) is 0 Å². The summed E-state index contributed by atoms with van der Waals surface area (Å²) in [7, 11) is 0. The lowest BCUT2D eigenvalue weighted by atomic mass is 9.81. The summed E-state index contributed by atoms with van der Waals surface area (Å²) in [5.41, 5.74) is 3.64. The number of carboxylic acid groups (broad SMARTS) is 1. The van der Waals surface area contributed by atoms with Gasteiger partial charge in [-0.05, 0) is 61.7 Å². The molecule has 43 heavy (non-hydrogen) atoms. The molecule has 3 aliphatic heterocycles. The van der Waals surface area contributed by atoms with E-state index in [0.717, 1.165) is 67.3 Å². The van der Waals surface area contributed by atoms with Crippen molar-refractivity contribution in [1.82, 2.24) is 19.4 Å². The molecule has 0 bridgehead atoms. The molecule has 2 aromatic carbocycles. The molecule has 0 amide bonds. The Hall–Kier alpha value is -3.86. The molecule has 11 heteroatoms. The van der Waals surface area contributed by atoms with E-state index in [4.69, 9.17) is 30.8 Å². The maximum atomic E-state index is 11.7. The maximum absolute atomic E-state index is 11.7. The summed E-state index contributed by atoms with van der Waals surface area (Å²) in [5.74, 6) is 0.444. The zero-order chi connectivity index (χ0) is 29.3. The molecule has 5 heterocycles. The SMILES string of the molecule is CC1(c2ccc(Cl)cn2)Oc2cccc(N3CCN(Cc4nc5ccc(C(=O)O)cc5n4C[C@@H]4CCO4)[C@@H]4CC[C@@H]43)c2O1. The number of imidazole rings is 1. The van der Waals surface area contributed by atoms with Gasteiger partial charge in [-0.2, -0.15) is 0 Å². The molecule has 0 radical (unpaired) electrons. The lowest BCUT2D eigenvalue weighted by Gasteiger charge is -2.54. The fourth-order valence-corrected chi connectivity index (χ4v) is 6.96. The summed E-state index contributed by atoms with van der Waals surface area (Å²) >= 11 is 6.07. The fourth-order valence-electron chi connectivity index (χ4n) is 6.85. The molecule has 1 unspecified atom stereocenters. The van der Waals surface area contributed by atoms with Gasteiger partial charge in [-0.25, -0.2) is 9.78 Å². The van der Waals surface area contributed by atoms with Gasteiger partial charge < -0.3 is 28.8 Å². The highest BCUT2D eigenvalue weighted by atomic mass is 35.5. The number of benzene rings is 2. The van der Waals surface area contributed by atoms with Crippen LogP contribution in [0.5, 0.6) is 11.5 Å². The Morgan fingerprint density at radius 1 is 1.09 bits per heavy atom. The largest absolute Gasteiger partial charge is 0.478 e. The van der Waals surface area contributed by atoms with Crippen LogP contribution >= 0.6 is 11.6 Å². The van der Waals surface area contributed by atoms with Crippen LogP contribution in [0.4, 0.5) is 5.69 Å². The summed E-state index contributed by atoms with van der Waals surface area (Å²) in [6.45, 7) is 5.74. The highest BCUT2D eigenvalue weighted by molar-refractivity contribution is 6.30. The van der Waals surface area contributed by atoms with Crippen LogP contribution in [0.2, 0.25) is 5.02 Å². The minimum Gasteiger partial charge on any atom is -0.478 e. The van der Waals surface area contributed by atoms with Crippen molar-refractivity contribution in [2.24, 2.45) is 0 Å². The standard InChI is InChI=1S/C32H32ClN5O5/c1-32(28-10-6-20(33)16-34-28)42-27-4-2-3-25(30(27)43-32)37-13-12-36(23-8-9-24(23)37)18-29-35-22-7-5-19(31(39)40)15-26(22)38(29)17-21-11-14-41-21/h2-7,10,15-16,21,23-24H,8-9,11-14,17-18H2,1H3,(H,39,40)/t21-,23+,24-,32?/m0/s1. The monoisotopic (exact) mass is 601 g/mol. The summed E-state index contributed by atoms with van der Waals surface area (Å²) < 4.78 is 20.8. The molecule has 10 nitrogen and oxygen atoms in total. The van der Waals surface area contributed by atoms with E-state index >= 15 is 0 Å². The molecule has 4 atom stereocenters. The first-order valence-electron chi connectivity index (χ1n) is 14.8. The quantitative estimate of drug-likeness (QED) is 0.311. The molecule has 4 aromatic rings. The lowest BCUT2D eigenvalue weighted by Crippen LogP contribution is -2.64. The number of nitrogens with zero attached hydrogens (tertiary/aromatic N) is 5. The third-order valence-corrected chi connectivity index (χ3v) is 9.58. The van der Waals surface area contributed by atoms with Gasteiger partial charge in [-0.3, -0.25) is 9.88 Å². The van der Waals surface area contributed by atoms with Crippen molar-refractivity contribution < 1.29 is 24.1 Å². The summed E-state index contributed by atoms with van der Waals surface area (Å²) in [4.78, 5) is 26.2. The Labute approximate surface area is 253 Å². The smallest absolute Gasteiger partial charge is 0.335 e. The van der Waals surface area contributed by atoms with Crippen molar-refractivity contribution in [2.45, 2.75) is 63.3 Å². The highest BCUT2D eigenvalue weighted by Gasteiger charge is 2.47. The molecule has 2 saturated heterocycles. The summed E-state index contributed by atoms with van der Waals surface area (Å²) in [6, 6.07) is 15.6. The fraction of sp³-hybridized carbons (Fsp3) is 0.406. The number of rotatable bonds is 7. The van der Waals surface area contributed by atoms with Crippen LogP contribution < -0.4 is 14.4 Å². The first-order chi connectivity index (χ1) is 20.9. The normalized spacial score (nSPS) is 26.2. The summed E-state index contributed by atoms with van der Waals surface area (Å²) in [6.07, 6.45) is 4.94. The van der Waals surface area contributed by atoms with Gasteiger partial charge in [0.2, 0.25) is 0 Å². The van der Waals surface area contributed by atoms with Crippen molar-refractivity contribution in [3.63, 3.8) is 0 Å². The number of piperazine rings is 1. The Bertz CT molecular complexity index is 1720. The topological polar surface area (TPSA) is 102 Å². The number of hydrogen-bond donors (Lipinski definition) is 1. The predicted molar refractivity (Wildman–Crippen MR) is 160 cm³/mol. The van der Waals surface area contributed by atoms with E-state index in [1.807, 2.05) is 31.2 Å². The van der Waals surface area contributed by atoms with Gasteiger partial charge in [0.05, 0.1) is 46.5 Å². The summed E-state index contributed by atoms with van der Waals surface area (Å²) in [5, 5.41) is 10.2. The number of carbonyl (C=O) groups is 1. The molecule has 3 fully saturated rings. The van der Waals surface area contributed by atoms with Crippen molar-refractivity contribution in [3.05, 3.63) is 76.8 Å². The van der Waals surface area contributed by atoms with Gasteiger partial charge in [0.15, 0.2) is 11.5 Å². The molecule has 1 N–H and O–H groups in total. The molecular formula is C32H32ClN5O5. The second-order valence-corrected chi connectivity index (χ2v) is 12.4. The zero-order valence-corrected chi connectivity index (χ0v) is 24.5. The average molecular weight is 602 g/mol. The number of ether oxygens (including phenoxy) is 3. The van der Waals surface area contributed by atoms with E-state index < -0.39 is 11.8 Å². The lowest BCUT2D eigenvalue weighted by molar-refractivity contribution is -0.0717. The van der Waals surface area contributed by atoms with Gasteiger partial charge in [0.1, 0.15) is 11.5 Å². The minimum atomic E-state index is -1.03. The number of hydrogen-bond acceptors (Lipinski definition) is 8. The molecule has 222 valence electrons. The average Bonchev–Trinajstić information content (AvgIpc) is 3.48.